The molecule has 0 nitrogen and oxygen atoms in total. The van der Waals surface area contributed by atoms with Crippen molar-refractivity contribution in [1.82, 2.24) is 0 Å². The van der Waals surface area contributed by atoms with Crippen LogP contribution in [-0.4, -0.2) is 0 Å². The Balaban J connectivity index is 2.42. The van der Waals surface area contributed by atoms with Crippen LogP contribution in [0.4, 0.5) is 0 Å². The first-order valence-electron chi connectivity index (χ1n) is 4.56. The van der Waals surface area contributed by atoms with Gasteiger partial charge < -0.3 is 0 Å². The first-order valence-corrected chi connectivity index (χ1v) is 4.56. The van der Waals surface area contributed by atoms with Crippen molar-refractivity contribution in [3.8, 4) is 0 Å². The van der Waals surface area contributed by atoms with Crippen molar-refractivity contribution in [3.05, 3.63) is 41.2 Å². The van der Waals surface area contributed by atoms with Gasteiger partial charge in [0.2, 0.25) is 0 Å². The molecule has 0 radical (unpaired) electrons. The van der Waals surface area contributed by atoms with E-state index in [4.69, 9.17) is 0 Å². The molecule has 2 atom stereocenters. The minimum absolute atomic E-state index is 0.648. The summed E-state index contributed by atoms with van der Waals surface area (Å²) in [4.78, 5) is 0. The molecule has 0 heteroatoms. The van der Waals surface area contributed by atoms with Crippen molar-refractivity contribution >= 4 is 0 Å². The third kappa shape index (κ3) is 1.31. The van der Waals surface area contributed by atoms with E-state index in [2.05, 4.69) is 43.9 Å². The first-order chi connectivity index (χ1) is 5.75. The van der Waals surface area contributed by atoms with Gasteiger partial charge in [-0.2, -0.15) is 0 Å². The molecule has 0 aliphatic heterocycles. The highest BCUT2D eigenvalue weighted by molar-refractivity contribution is 5.35. The third-order valence-electron chi connectivity index (χ3n) is 2.43. The largest absolute Gasteiger partial charge is 0.118 e. The molecule has 0 N–H and O–H groups in total. The van der Waals surface area contributed by atoms with Gasteiger partial charge in [-0.1, -0.05) is 24.3 Å². The van der Waals surface area contributed by atoms with Crippen LogP contribution in [0.15, 0.2) is 41.2 Å². The molecule has 0 aromatic rings. The summed E-state index contributed by atoms with van der Waals surface area (Å²) in [5, 5.41) is 0. The zero-order chi connectivity index (χ0) is 8.55. The molecular formula is C12H14. The maximum absolute atomic E-state index is 3.40. The number of hydrogen-bond acceptors (Lipinski definition) is 0. The fourth-order valence-electron chi connectivity index (χ4n) is 1.87. The van der Waals surface area contributed by atoms with E-state index in [-0.39, 0.29) is 0 Å². The summed E-state index contributed by atoms with van der Waals surface area (Å²) in [6.07, 6.45) is 10.4. The number of fused-ring (bicyclic) bond motifs is 2. The van der Waals surface area contributed by atoms with Crippen LogP contribution in [0.5, 0.6) is 0 Å². The fourth-order valence-corrected chi connectivity index (χ4v) is 1.87. The molecule has 62 valence electrons. The average Bonchev–Trinajstić information content (AvgIpc) is 2.39. The van der Waals surface area contributed by atoms with Crippen LogP contribution in [0, 0.1) is 11.8 Å². The lowest BCUT2D eigenvalue weighted by Gasteiger charge is -2.14. The molecule has 2 rings (SSSR count). The Hall–Kier alpha value is -1.00. The van der Waals surface area contributed by atoms with E-state index in [0.717, 1.165) is 0 Å². The summed E-state index contributed by atoms with van der Waals surface area (Å²) in [5.41, 5.74) is 6.04. The lowest BCUT2D eigenvalue weighted by molar-refractivity contribution is 0.639. The maximum atomic E-state index is 3.40. The van der Waals surface area contributed by atoms with Crippen molar-refractivity contribution in [3.63, 3.8) is 0 Å². The van der Waals surface area contributed by atoms with E-state index < -0.39 is 0 Å². The highest BCUT2D eigenvalue weighted by Crippen LogP contribution is 2.34. The molecule has 0 saturated carbocycles. The van der Waals surface area contributed by atoms with Crippen LogP contribution in [0.1, 0.15) is 20.3 Å². The molecule has 2 unspecified atom stereocenters. The Labute approximate surface area is 74.0 Å². The third-order valence-corrected chi connectivity index (χ3v) is 2.43. The van der Waals surface area contributed by atoms with Gasteiger partial charge in [-0.15, -0.1) is 5.73 Å². The van der Waals surface area contributed by atoms with Crippen molar-refractivity contribution in [2.24, 2.45) is 11.8 Å². The van der Waals surface area contributed by atoms with Gasteiger partial charge in [0.05, 0.1) is 0 Å². The van der Waals surface area contributed by atoms with Gasteiger partial charge in [0.1, 0.15) is 0 Å². The van der Waals surface area contributed by atoms with E-state index in [9.17, 15) is 0 Å². The quantitative estimate of drug-likeness (QED) is 0.375. The molecule has 0 aromatic heterocycles. The van der Waals surface area contributed by atoms with Crippen LogP contribution < -0.4 is 0 Å². The van der Waals surface area contributed by atoms with E-state index >= 15 is 0 Å². The van der Waals surface area contributed by atoms with Crippen LogP contribution in [0.3, 0.4) is 0 Å². The maximum Gasteiger partial charge on any atom is 0.0100 e. The predicted molar refractivity (Wildman–Crippen MR) is 51.8 cm³/mol. The van der Waals surface area contributed by atoms with Crippen molar-refractivity contribution in [1.29, 1.82) is 0 Å². The Morgan fingerprint density at radius 3 is 2.92 bits per heavy atom. The molecule has 12 heavy (non-hydrogen) atoms. The zero-order valence-electron chi connectivity index (χ0n) is 7.67. The normalized spacial score (nSPS) is 30.7. The molecule has 0 amide bonds. The molecular weight excluding hydrogens is 144 g/mol. The summed E-state index contributed by atoms with van der Waals surface area (Å²) in [7, 11) is 0. The fraction of sp³-hybridized carbons (Fsp3) is 0.417. The SMILES string of the molecule is CC(C)=C=C1C=CC2C=CC1C2. The Bertz CT molecular complexity index is 305. The minimum atomic E-state index is 0.648. The van der Waals surface area contributed by atoms with Crippen LogP contribution >= 0.6 is 0 Å². The number of allylic oxidation sites excluding steroid dienone is 5. The molecule has 0 aromatic carbocycles. The highest BCUT2D eigenvalue weighted by Gasteiger charge is 2.22. The summed E-state index contributed by atoms with van der Waals surface area (Å²) in [6.45, 7) is 4.21. The smallest absolute Gasteiger partial charge is 0.0100 e. The second-order valence-electron chi connectivity index (χ2n) is 3.83. The summed E-state index contributed by atoms with van der Waals surface area (Å²) < 4.78 is 0. The van der Waals surface area contributed by atoms with Gasteiger partial charge in [0.25, 0.3) is 0 Å². The summed E-state index contributed by atoms with van der Waals surface area (Å²) in [6, 6.07) is 0. The molecule has 0 spiro atoms. The van der Waals surface area contributed by atoms with Crippen molar-refractivity contribution in [2.75, 3.05) is 0 Å². The van der Waals surface area contributed by atoms with Gasteiger partial charge in [-0.25, -0.2) is 0 Å². The molecule has 0 fully saturated rings. The van der Waals surface area contributed by atoms with E-state index in [1.165, 1.54) is 17.6 Å². The van der Waals surface area contributed by atoms with Crippen molar-refractivity contribution in [2.45, 2.75) is 20.3 Å². The van der Waals surface area contributed by atoms with Crippen LogP contribution in [0.25, 0.3) is 0 Å². The van der Waals surface area contributed by atoms with Gasteiger partial charge in [-0.3, -0.25) is 0 Å². The summed E-state index contributed by atoms with van der Waals surface area (Å²) in [5.74, 6) is 1.35. The lowest BCUT2D eigenvalue weighted by Crippen LogP contribution is -2.02. The Morgan fingerprint density at radius 2 is 2.17 bits per heavy atom. The minimum Gasteiger partial charge on any atom is -0.118 e. The summed E-state index contributed by atoms with van der Waals surface area (Å²) >= 11 is 0. The highest BCUT2D eigenvalue weighted by atomic mass is 14.3. The van der Waals surface area contributed by atoms with Crippen molar-refractivity contribution < 1.29 is 0 Å². The van der Waals surface area contributed by atoms with Crippen LogP contribution in [-0.2, 0) is 0 Å². The van der Waals surface area contributed by atoms with Gasteiger partial charge in [-0.05, 0) is 31.8 Å². The topological polar surface area (TPSA) is 0 Å². The van der Waals surface area contributed by atoms with E-state index in [1.54, 1.807) is 0 Å². The predicted octanol–water partition coefficient (Wildman–Crippen LogP) is 3.24. The lowest BCUT2D eigenvalue weighted by atomic mass is 9.90. The number of rotatable bonds is 0. The standard InChI is InChI=1S/C12H14/c1-9(2)7-11-5-3-10-4-6-12(11)8-10/h3-6,10,12H,8H2,1-2H3. The van der Waals surface area contributed by atoms with Gasteiger partial charge in [0, 0.05) is 11.5 Å². The monoisotopic (exact) mass is 158 g/mol. The average molecular weight is 158 g/mol. The molecule has 2 aliphatic carbocycles. The number of hydrogen-bond donors (Lipinski definition) is 0. The Morgan fingerprint density at radius 1 is 1.33 bits per heavy atom. The van der Waals surface area contributed by atoms with Gasteiger partial charge >= 0.3 is 0 Å². The van der Waals surface area contributed by atoms with Crippen LogP contribution in [0.2, 0.25) is 0 Å². The van der Waals surface area contributed by atoms with E-state index in [1.807, 2.05) is 0 Å². The van der Waals surface area contributed by atoms with Gasteiger partial charge in [0.15, 0.2) is 0 Å². The second kappa shape index (κ2) is 2.80. The molecule has 0 saturated heterocycles. The Kier molecular flexibility index (Phi) is 1.78. The zero-order valence-corrected chi connectivity index (χ0v) is 7.67. The molecule has 2 bridgehead atoms. The first kappa shape index (κ1) is 7.64. The second-order valence-corrected chi connectivity index (χ2v) is 3.83. The molecule has 2 aliphatic rings. The van der Waals surface area contributed by atoms with E-state index in [0.29, 0.717) is 11.8 Å². The molecule has 0 heterocycles.